The number of amides is 2. The lowest BCUT2D eigenvalue weighted by atomic mass is 10.0. The minimum Gasteiger partial charge on any atom is -0.494 e. The van der Waals surface area contributed by atoms with E-state index >= 15 is 0 Å². The summed E-state index contributed by atoms with van der Waals surface area (Å²) >= 11 is 0. The topological polar surface area (TPSA) is 49.9 Å². The summed E-state index contributed by atoms with van der Waals surface area (Å²) in [6.45, 7) is 6.49. The van der Waals surface area contributed by atoms with Gasteiger partial charge in [0.1, 0.15) is 0 Å². The second-order valence-corrected chi connectivity index (χ2v) is 6.72. The summed E-state index contributed by atoms with van der Waals surface area (Å²) in [4.78, 5) is 28.8. The van der Waals surface area contributed by atoms with Gasteiger partial charge >= 0.3 is 0 Å². The number of rotatable bonds is 6. The number of carbonyl (C=O) groups excluding carboxylic acids is 2. The van der Waals surface area contributed by atoms with Crippen molar-refractivity contribution in [2.75, 3.05) is 33.3 Å². The van der Waals surface area contributed by atoms with Crippen molar-refractivity contribution in [3.8, 4) is 5.75 Å². The Morgan fingerprint density at radius 2 is 1.77 bits per heavy atom. The third kappa shape index (κ3) is 4.96. The van der Waals surface area contributed by atoms with Gasteiger partial charge in [-0.15, -0.1) is 0 Å². The van der Waals surface area contributed by atoms with E-state index in [1.807, 2.05) is 18.7 Å². The molecule has 0 aliphatic carbocycles. The molecule has 6 heteroatoms. The molecule has 1 aromatic carbocycles. The Bertz CT molecular complexity index is 631. The Labute approximate surface area is 155 Å². The van der Waals surface area contributed by atoms with E-state index in [1.165, 1.54) is 19.2 Å². The minimum absolute atomic E-state index is 0.0357. The van der Waals surface area contributed by atoms with E-state index in [4.69, 9.17) is 4.74 Å². The second-order valence-electron chi connectivity index (χ2n) is 6.72. The SMILES string of the molecule is CCC(CC)C(=O)N1CCCN(C(=O)Cc2ccc(OC)c(F)c2)CC1. The van der Waals surface area contributed by atoms with Crippen LogP contribution in [0.15, 0.2) is 18.2 Å². The standard InChI is InChI=1S/C20H29FN2O3/c1-4-16(5-2)20(25)23-10-6-9-22(11-12-23)19(24)14-15-7-8-18(26-3)17(21)13-15/h7-8,13,16H,4-6,9-12,14H2,1-3H3. The van der Waals surface area contributed by atoms with Gasteiger partial charge in [0.05, 0.1) is 13.5 Å². The lowest BCUT2D eigenvalue weighted by molar-refractivity contribution is -0.136. The molecule has 0 N–H and O–H groups in total. The molecule has 1 aliphatic heterocycles. The number of hydrogen-bond acceptors (Lipinski definition) is 3. The number of methoxy groups -OCH3 is 1. The molecule has 2 amide bonds. The normalized spacial score (nSPS) is 15.1. The molecule has 0 atom stereocenters. The first kappa shape index (κ1) is 20.2. The van der Waals surface area contributed by atoms with Gasteiger partial charge in [-0.1, -0.05) is 19.9 Å². The van der Waals surface area contributed by atoms with Crippen LogP contribution in [0.1, 0.15) is 38.7 Å². The molecule has 2 rings (SSSR count). The first-order valence-corrected chi connectivity index (χ1v) is 9.39. The molecule has 0 radical (unpaired) electrons. The summed E-state index contributed by atoms with van der Waals surface area (Å²) in [6.07, 6.45) is 2.62. The molecule has 0 bridgehead atoms. The molecule has 0 saturated carbocycles. The van der Waals surface area contributed by atoms with E-state index < -0.39 is 5.82 Å². The number of hydrogen-bond donors (Lipinski definition) is 0. The molecular formula is C20H29FN2O3. The molecule has 0 unspecified atom stereocenters. The van der Waals surface area contributed by atoms with E-state index in [-0.39, 0.29) is 29.9 Å². The number of halogens is 1. The molecule has 1 aromatic rings. The lowest BCUT2D eigenvalue weighted by Gasteiger charge is -2.25. The largest absolute Gasteiger partial charge is 0.494 e. The van der Waals surface area contributed by atoms with Crippen LogP contribution >= 0.6 is 0 Å². The van der Waals surface area contributed by atoms with Crippen molar-refractivity contribution in [3.05, 3.63) is 29.6 Å². The van der Waals surface area contributed by atoms with Crippen LogP contribution in [0.25, 0.3) is 0 Å². The highest BCUT2D eigenvalue weighted by Gasteiger charge is 2.25. The average molecular weight is 364 g/mol. The van der Waals surface area contributed by atoms with Gasteiger partial charge in [-0.3, -0.25) is 9.59 Å². The highest BCUT2D eigenvalue weighted by Crippen LogP contribution is 2.19. The zero-order valence-corrected chi connectivity index (χ0v) is 16.0. The maximum Gasteiger partial charge on any atom is 0.227 e. The minimum atomic E-state index is -0.462. The Morgan fingerprint density at radius 3 is 2.38 bits per heavy atom. The van der Waals surface area contributed by atoms with Crippen LogP contribution in [-0.4, -0.2) is 54.9 Å². The zero-order chi connectivity index (χ0) is 19.1. The van der Waals surface area contributed by atoms with Crippen molar-refractivity contribution >= 4 is 11.8 Å². The molecule has 1 aliphatic rings. The highest BCUT2D eigenvalue weighted by molar-refractivity contribution is 5.80. The molecule has 5 nitrogen and oxygen atoms in total. The van der Waals surface area contributed by atoms with E-state index in [0.29, 0.717) is 31.7 Å². The van der Waals surface area contributed by atoms with Crippen molar-refractivity contribution in [2.24, 2.45) is 5.92 Å². The van der Waals surface area contributed by atoms with Gasteiger partial charge in [0, 0.05) is 32.1 Å². The van der Waals surface area contributed by atoms with Gasteiger partial charge in [-0.05, 0) is 37.0 Å². The van der Waals surface area contributed by atoms with Crippen LogP contribution in [0, 0.1) is 11.7 Å². The van der Waals surface area contributed by atoms with Gasteiger partial charge in [0.25, 0.3) is 0 Å². The summed E-state index contributed by atoms with van der Waals surface area (Å²) in [5, 5.41) is 0. The van der Waals surface area contributed by atoms with Crippen molar-refractivity contribution in [1.29, 1.82) is 0 Å². The van der Waals surface area contributed by atoms with E-state index in [1.54, 1.807) is 11.0 Å². The number of carbonyl (C=O) groups is 2. The van der Waals surface area contributed by atoms with E-state index in [0.717, 1.165) is 19.3 Å². The van der Waals surface area contributed by atoms with Gasteiger partial charge < -0.3 is 14.5 Å². The fraction of sp³-hybridized carbons (Fsp3) is 0.600. The predicted octanol–water partition coefficient (Wildman–Crippen LogP) is 2.87. The number of ether oxygens (including phenoxy) is 1. The van der Waals surface area contributed by atoms with Gasteiger partial charge in [-0.25, -0.2) is 4.39 Å². The third-order valence-electron chi connectivity index (χ3n) is 5.07. The van der Waals surface area contributed by atoms with Crippen LogP contribution in [0.4, 0.5) is 4.39 Å². The summed E-state index contributed by atoms with van der Waals surface area (Å²) in [5.74, 6) is -0.0606. The molecular weight excluding hydrogens is 335 g/mol. The predicted molar refractivity (Wildman–Crippen MR) is 98.5 cm³/mol. The first-order chi connectivity index (χ1) is 12.5. The third-order valence-corrected chi connectivity index (χ3v) is 5.07. The summed E-state index contributed by atoms with van der Waals surface area (Å²) in [7, 11) is 1.41. The lowest BCUT2D eigenvalue weighted by Crippen LogP contribution is -2.40. The van der Waals surface area contributed by atoms with Crippen LogP contribution in [0.3, 0.4) is 0 Å². The van der Waals surface area contributed by atoms with E-state index in [2.05, 4.69) is 0 Å². The van der Waals surface area contributed by atoms with Crippen LogP contribution in [0.2, 0.25) is 0 Å². The molecule has 1 fully saturated rings. The van der Waals surface area contributed by atoms with Gasteiger partial charge in [-0.2, -0.15) is 0 Å². The Hall–Kier alpha value is -2.11. The van der Waals surface area contributed by atoms with Crippen molar-refractivity contribution in [2.45, 2.75) is 39.5 Å². The van der Waals surface area contributed by atoms with Crippen molar-refractivity contribution < 1.29 is 18.7 Å². The first-order valence-electron chi connectivity index (χ1n) is 9.39. The molecule has 1 heterocycles. The Balaban J connectivity index is 1.94. The number of benzene rings is 1. The zero-order valence-electron chi connectivity index (χ0n) is 16.0. The molecule has 144 valence electrons. The van der Waals surface area contributed by atoms with Crippen LogP contribution in [-0.2, 0) is 16.0 Å². The maximum absolute atomic E-state index is 13.8. The fourth-order valence-electron chi connectivity index (χ4n) is 3.39. The van der Waals surface area contributed by atoms with E-state index in [9.17, 15) is 14.0 Å². The summed E-state index contributed by atoms with van der Waals surface area (Å²) in [5.41, 5.74) is 0.627. The van der Waals surface area contributed by atoms with Gasteiger partial charge in [0.15, 0.2) is 11.6 Å². The highest BCUT2D eigenvalue weighted by atomic mass is 19.1. The monoisotopic (exact) mass is 364 g/mol. The van der Waals surface area contributed by atoms with Crippen LogP contribution < -0.4 is 4.74 Å². The fourth-order valence-corrected chi connectivity index (χ4v) is 3.39. The average Bonchev–Trinajstić information content (AvgIpc) is 2.89. The van der Waals surface area contributed by atoms with Gasteiger partial charge in [0.2, 0.25) is 11.8 Å². The molecule has 0 aromatic heterocycles. The molecule has 26 heavy (non-hydrogen) atoms. The van der Waals surface area contributed by atoms with Crippen LogP contribution in [0.5, 0.6) is 5.75 Å². The smallest absolute Gasteiger partial charge is 0.227 e. The van der Waals surface area contributed by atoms with Crippen molar-refractivity contribution in [1.82, 2.24) is 9.80 Å². The second kappa shape index (κ2) is 9.55. The molecule has 1 saturated heterocycles. The summed E-state index contributed by atoms with van der Waals surface area (Å²) in [6, 6.07) is 4.59. The van der Waals surface area contributed by atoms with Crippen molar-refractivity contribution in [3.63, 3.8) is 0 Å². The maximum atomic E-state index is 13.8. The Morgan fingerprint density at radius 1 is 1.12 bits per heavy atom. The summed E-state index contributed by atoms with van der Waals surface area (Å²) < 4.78 is 18.7. The quantitative estimate of drug-likeness (QED) is 0.780. The Kier molecular flexibility index (Phi) is 7.42. The molecule has 0 spiro atoms. The number of nitrogens with zero attached hydrogens (tertiary/aromatic N) is 2.